The quantitative estimate of drug-likeness (QED) is 0.698. The average molecular weight is 301 g/mol. The fourth-order valence-electron chi connectivity index (χ4n) is 2.02. The molecule has 2 rings (SSSR count). The van der Waals surface area contributed by atoms with E-state index in [9.17, 15) is 22.4 Å². The van der Waals surface area contributed by atoms with E-state index in [1.54, 1.807) is 0 Å². The Morgan fingerprint density at radius 2 is 1.95 bits per heavy atom. The monoisotopic (exact) mass is 301 g/mol. The predicted molar refractivity (Wildman–Crippen MR) is 65.6 cm³/mol. The third kappa shape index (κ3) is 3.39. The van der Waals surface area contributed by atoms with Crippen molar-refractivity contribution in [2.24, 2.45) is 7.05 Å². The van der Waals surface area contributed by atoms with E-state index in [2.05, 4.69) is 5.10 Å². The zero-order valence-electron chi connectivity index (χ0n) is 10.9. The molecule has 1 amide bonds. The normalized spacial score (nSPS) is 13.0. The van der Waals surface area contributed by atoms with Gasteiger partial charge in [0.25, 0.3) is 0 Å². The van der Waals surface area contributed by atoms with Gasteiger partial charge in [0.1, 0.15) is 11.7 Å². The summed E-state index contributed by atoms with van der Waals surface area (Å²) in [6.45, 7) is 0. The number of carbonyl (C=O) groups excluding carboxylic acids is 1. The molecule has 0 fully saturated rings. The highest BCUT2D eigenvalue weighted by Gasteiger charge is 2.36. The van der Waals surface area contributed by atoms with Crippen LogP contribution in [0.3, 0.4) is 0 Å². The summed E-state index contributed by atoms with van der Waals surface area (Å²) in [6, 6.07) is 6.55. The van der Waals surface area contributed by atoms with Crippen molar-refractivity contribution < 1.29 is 22.4 Å². The largest absolute Gasteiger partial charge is 0.484 e. The van der Waals surface area contributed by atoms with Gasteiger partial charge in [-0.3, -0.25) is 14.8 Å². The Balaban J connectivity index is 2.48. The van der Waals surface area contributed by atoms with E-state index < -0.39 is 23.9 Å². The van der Waals surface area contributed by atoms with Crippen molar-refractivity contribution in [3.05, 3.63) is 53.6 Å². The van der Waals surface area contributed by atoms with Gasteiger partial charge in [-0.25, -0.2) is 4.39 Å². The molecule has 1 atom stereocenters. The number of aromatic nitrogens is 2. The summed E-state index contributed by atoms with van der Waals surface area (Å²) in [5.41, 5.74) is 0.00435. The maximum Gasteiger partial charge on any atom is 0.484 e. The topological polar surface area (TPSA) is 46.9 Å². The third-order valence-corrected chi connectivity index (χ3v) is 2.90. The molecule has 4 nitrogen and oxygen atoms in total. The number of aryl methyl sites for hydroxylation is 1. The van der Waals surface area contributed by atoms with Gasteiger partial charge in [-0.1, -0.05) is 18.2 Å². The Labute approximate surface area is 117 Å². The minimum Gasteiger partial charge on any atom is -0.274 e. The number of nitrogens with zero attached hydrogens (tertiary/aromatic N) is 2. The van der Waals surface area contributed by atoms with Crippen LogP contribution in [0.15, 0.2) is 36.5 Å². The number of nitrogens with one attached hydrogen (secondary N) is 1. The zero-order chi connectivity index (χ0) is 15.6. The van der Waals surface area contributed by atoms with Crippen LogP contribution in [0, 0.1) is 5.82 Å². The summed E-state index contributed by atoms with van der Waals surface area (Å²) in [5, 5.41) is 4.72. The Hall–Kier alpha value is -2.38. The van der Waals surface area contributed by atoms with Crippen LogP contribution in [0.5, 0.6) is 0 Å². The first-order valence-corrected chi connectivity index (χ1v) is 5.90. The molecule has 2 aromatic rings. The van der Waals surface area contributed by atoms with Gasteiger partial charge in [-0.15, -0.1) is 0 Å². The fourth-order valence-corrected chi connectivity index (χ4v) is 2.02. The molecule has 1 aromatic heterocycles. The van der Waals surface area contributed by atoms with Crippen molar-refractivity contribution in [3.63, 3.8) is 0 Å². The summed E-state index contributed by atoms with van der Waals surface area (Å²) < 4.78 is 52.2. The Morgan fingerprint density at radius 1 is 1.29 bits per heavy atom. The van der Waals surface area contributed by atoms with E-state index >= 15 is 0 Å². The first kappa shape index (κ1) is 15.0. The lowest BCUT2D eigenvalue weighted by Gasteiger charge is -2.19. The SMILES string of the molecule is Cn1nccc1C(C(=O)NC(F)(F)F)c1ccccc1F. The highest BCUT2D eigenvalue weighted by atomic mass is 19.4. The van der Waals surface area contributed by atoms with E-state index in [4.69, 9.17) is 0 Å². The second-order valence-electron chi connectivity index (χ2n) is 4.32. The zero-order valence-corrected chi connectivity index (χ0v) is 10.9. The maximum absolute atomic E-state index is 13.9. The van der Waals surface area contributed by atoms with Gasteiger partial charge in [0, 0.05) is 18.8 Å². The molecular weight excluding hydrogens is 290 g/mol. The third-order valence-electron chi connectivity index (χ3n) is 2.90. The Bertz CT molecular complexity index is 651. The van der Waals surface area contributed by atoms with Crippen molar-refractivity contribution >= 4 is 5.91 Å². The molecule has 8 heteroatoms. The molecule has 21 heavy (non-hydrogen) atoms. The fraction of sp³-hybridized carbons (Fsp3) is 0.231. The number of carbonyl (C=O) groups is 1. The van der Waals surface area contributed by atoms with Crippen molar-refractivity contribution in [3.8, 4) is 0 Å². The van der Waals surface area contributed by atoms with E-state index in [1.807, 2.05) is 0 Å². The average Bonchev–Trinajstić information content (AvgIpc) is 2.76. The van der Waals surface area contributed by atoms with Crippen LogP contribution in [0.2, 0.25) is 0 Å². The Morgan fingerprint density at radius 3 is 2.48 bits per heavy atom. The van der Waals surface area contributed by atoms with Gasteiger partial charge in [0.15, 0.2) is 0 Å². The van der Waals surface area contributed by atoms with Crippen LogP contribution in [0.1, 0.15) is 17.2 Å². The first-order chi connectivity index (χ1) is 9.79. The Kier molecular flexibility index (Phi) is 3.97. The van der Waals surface area contributed by atoms with Crippen LogP contribution in [-0.4, -0.2) is 22.0 Å². The highest BCUT2D eigenvalue weighted by Crippen LogP contribution is 2.28. The molecular formula is C13H11F4N3O. The predicted octanol–water partition coefficient (Wildman–Crippen LogP) is 2.33. The number of amides is 1. The van der Waals surface area contributed by atoms with Crippen molar-refractivity contribution in [2.75, 3.05) is 0 Å². The number of rotatable bonds is 3. The second-order valence-corrected chi connectivity index (χ2v) is 4.32. The lowest BCUT2D eigenvalue weighted by molar-refractivity contribution is -0.170. The van der Waals surface area contributed by atoms with E-state index in [1.165, 1.54) is 42.2 Å². The number of halogens is 4. The number of benzene rings is 1. The summed E-state index contributed by atoms with van der Waals surface area (Å²) in [5.74, 6) is -3.57. The number of hydrogen-bond donors (Lipinski definition) is 1. The molecule has 0 radical (unpaired) electrons. The van der Waals surface area contributed by atoms with E-state index in [-0.39, 0.29) is 11.3 Å². The molecule has 1 heterocycles. The number of hydrogen-bond acceptors (Lipinski definition) is 2. The highest BCUT2D eigenvalue weighted by molar-refractivity contribution is 5.87. The molecule has 0 bridgehead atoms. The first-order valence-electron chi connectivity index (χ1n) is 5.90. The molecule has 1 N–H and O–H groups in total. The van der Waals surface area contributed by atoms with Gasteiger partial charge in [-0.2, -0.15) is 18.3 Å². The van der Waals surface area contributed by atoms with Gasteiger partial charge in [-0.05, 0) is 12.1 Å². The molecule has 112 valence electrons. The van der Waals surface area contributed by atoms with Gasteiger partial charge in [0.2, 0.25) is 5.91 Å². The lowest BCUT2D eigenvalue weighted by atomic mass is 9.94. The smallest absolute Gasteiger partial charge is 0.274 e. The van der Waals surface area contributed by atoms with E-state index in [0.29, 0.717) is 0 Å². The van der Waals surface area contributed by atoms with Crippen LogP contribution in [0.25, 0.3) is 0 Å². The van der Waals surface area contributed by atoms with Gasteiger partial charge < -0.3 is 0 Å². The van der Waals surface area contributed by atoms with Crippen LogP contribution in [0.4, 0.5) is 17.6 Å². The second kappa shape index (κ2) is 5.55. The minimum atomic E-state index is -4.89. The van der Waals surface area contributed by atoms with E-state index in [0.717, 1.165) is 11.4 Å². The summed E-state index contributed by atoms with van der Waals surface area (Å²) >= 11 is 0. The summed E-state index contributed by atoms with van der Waals surface area (Å²) in [6.07, 6.45) is -3.57. The molecule has 0 saturated carbocycles. The van der Waals surface area contributed by atoms with Gasteiger partial charge >= 0.3 is 6.30 Å². The van der Waals surface area contributed by atoms with Crippen LogP contribution in [-0.2, 0) is 11.8 Å². The van der Waals surface area contributed by atoms with Gasteiger partial charge in [0.05, 0.1) is 5.69 Å². The molecule has 0 aliphatic heterocycles. The molecule has 0 spiro atoms. The van der Waals surface area contributed by atoms with Crippen molar-refractivity contribution in [1.29, 1.82) is 0 Å². The lowest BCUT2D eigenvalue weighted by Crippen LogP contribution is -2.41. The van der Waals surface area contributed by atoms with Crippen molar-refractivity contribution in [2.45, 2.75) is 12.2 Å². The number of alkyl halides is 3. The molecule has 0 saturated heterocycles. The molecule has 1 unspecified atom stereocenters. The summed E-state index contributed by atoms with van der Waals surface area (Å²) in [4.78, 5) is 11.9. The van der Waals surface area contributed by atoms with Crippen LogP contribution < -0.4 is 5.32 Å². The molecule has 0 aliphatic rings. The minimum absolute atomic E-state index is 0.150. The van der Waals surface area contributed by atoms with Crippen LogP contribution >= 0.6 is 0 Å². The molecule has 0 aliphatic carbocycles. The molecule has 1 aromatic carbocycles. The summed E-state index contributed by atoms with van der Waals surface area (Å²) in [7, 11) is 1.46. The standard InChI is InChI=1S/C13H11F4N3O/c1-20-10(6-7-18-20)11(12(21)19-13(15,16)17)8-4-2-3-5-9(8)14/h2-7,11H,1H3,(H,19,21). The van der Waals surface area contributed by atoms with Crippen molar-refractivity contribution in [1.82, 2.24) is 15.1 Å². The maximum atomic E-state index is 13.9.